The summed E-state index contributed by atoms with van der Waals surface area (Å²) >= 11 is 1.56. The van der Waals surface area contributed by atoms with Gasteiger partial charge in [0.2, 0.25) is 17.7 Å². The highest BCUT2D eigenvalue weighted by molar-refractivity contribution is 7.99. The number of amides is 6. The lowest BCUT2D eigenvalue weighted by Gasteiger charge is -2.33. The Labute approximate surface area is 344 Å². The molecule has 304 valence electrons. The minimum atomic E-state index is -0.968. The molecule has 0 bridgehead atoms. The molecule has 12 nitrogen and oxygen atoms in total. The van der Waals surface area contributed by atoms with Crippen LogP contribution in [0, 0.1) is 5.92 Å². The summed E-state index contributed by atoms with van der Waals surface area (Å²) in [5.74, 6) is -0.0506. The predicted octanol–water partition coefficient (Wildman–Crippen LogP) is 5.70. The average molecular weight is 805 g/mol. The Kier molecular flexibility index (Phi) is 13.8. The quantitative estimate of drug-likeness (QED) is 0.0855. The maximum atomic E-state index is 13.4. The van der Waals surface area contributed by atoms with Crippen LogP contribution in [0.15, 0.2) is 78.0 Å². The number of pyridine rings is 1. The van der Waals surface area contributed by atoms with Gasteiger partial charge in [0.15, 0.2) is 0 Å². The van der Waals surface area contributed by atoms with E-state index < -0.39 is 23.8 Å². The number of aromatic nitrogens is 1. The molecule has 0 radical (unpaired) electrons. The van der Waals surface area contributed by atoms with E-state index in [4.69, 9.17) is 0 Å². The van der Waals surface area contributed by atoms with Crippen LogP contribution in [0.25, 0.3) is 6.08 Å². The van der Waals surface area contributed by atoms with Crippen molar-refractivity contribution < 1.29 is 28.8 Å². The van der Waals surface area contributed by atoms with Gasteiger partial charge in [-0.15, -0.1) is 11.8 Å². The van der Waals surface area contributed by atoms with Crippen LogP contribution in [0.3, 0.4) is 0 Å². The number of thioether (sulfide) groups is 1. The lowest BCUT2D eigenvalue weighted by molar-refractivity contribution is -0.136. The summed E-state index contributed by atoms with van der Waals surface area (Å²) in [4.78, 5) is 86.4. The van der Waals surface area contributed by atoms with Crippen molar-refractivity contribution in [3.05, 3.63) is 101 Å². The van der Waals surface area contributed by atoms with Crippen LogP contribution < -0.4 is 10.6 Å². The van der Waals surface area contributed by atoms with Gasteiger partial charge in [-0.05, 0) is 130 Å². The van der Waals surface area contributed by atoms with Crippen molar-refractivity contribution in [3.63, 3.8) is 0 Å². The van der Waals surface area contributed by atoms with Crippen molar-refractivity contribution >= 4 is 53.3 Å². The lowest BCUT2D eigenvalue weighted by atomic mass is 9.88. The van der Waals surface area contributed by atoms with E-state index in [0.717, 1.165) is 111 Å². The molecule has 4 aliphatic rings. The van der Waals surface area contributed by atoms with E-state index in [-0.39, 0.29) is 30.6 Å². The van der Waals surface area contributed by atoms with Gasteiger partial charge in [0.05, 0.1) is 11.1 Å². The number of nitrogens with zero attached hydrogens (tertiary/aromatic N) is 4. The van der Waals surface area contributed by atoms with Crippen LogP contribution in [-0.2, 0) is 14.4 Å². The lowest BCUT2D eigenvalue weighted by Crippen LogP contribution is -2.54. The highest BCUT2D eigenvalue weighted by Gasteiger charge is 2.45. The molecule has 3 aromatic rings. The van der Waals surface area contributed by atoms with Gasteiger partial charge in [-0.2, -0.15) is 0 Å². The highest BCUT2D eigenvalue weighted by atomic mass is 32.2. The van der Waals surface area contributed by atoms with Gasteiger partial charge in [0.1, 0.15) is 6.04 Å². The Balaban J connectivity index is 0.773. The van der Waals surface area contributed by atoms with Gasteiger partial charge < -0.3 is 15.1 Å². The number of piperidine rings is 3. The summed E-state index contributed by atoms with van der Waals surface area (Å²) in [5.41, 5.74) is 3.61. The number of carbonyl (C=O) groups is 6. The number of fused-ring (bicyclic) bond motifs is 1. The van der Waals surface area contributed by atoms with E-state index >= 15 is 0 Å². The minimum absolute atomic E-state index is 0.0904. The molecule has 0 spiro atoms. The Morgan fingerprint density at radius 2 is 1.66 bits per heavy atom. The fraction of sp³-hybridized carbons (Fsp3) is 0.444. The second-order valence-corrected chi connectivity index (χ2v) is 16.8. The van der Waals surface area contributed by atoms with Crippen LogP contribution in [-0.4, -0.2) is 106 Å². The van der Waals surface area contributed by atoms with Gasteiger partial charge in [-0.25, -0.2) is 0 Å². The SMILES string of the molecule is O=C(/C=C/c1cccnc1)NCCCCC1CCN(C(=O)c2ccc(C3CCN(CCCSc4cccc5c4C(=O)N(C4CCC(=O)NC4=O)C5=O)CC3)cc2)CC1. The second kappa shape index (κ2) is 19.5. The van der Waals surface area contributed by atoms with E-state index in [1.54, 1.807) is 48.4 Å². The third-order valence-corrected chi connectivity index (χ3v) is 13.0. The summed E-state index contributed by atoms with van der Waals surface area (Å²) in [6.45, 7) is 5.17. The fourth-order valence-corrected chi connectivity index (χ4v) is 9.55. The molecule has 3 fully saturated rings. The number of carbonyl (C=O) groups excluding carboxylic acids is 6. The van der Waals surface area contributed by atoms with Gasteiger partial charge in [-0.1, -0.05) is 37.1 Å². The monoisotopic (exact) mass is 804 g/mol. The molecule has 1 aromatic heterocycles. The summed E-state index contributed by atoms with van der Waals surface area (Å²) in [6, 6.07) is 16.3. The number of unbranched alkanes of at least 4 members (excludes halogenated alkanes) is 1. The normalized spacial score (nSPS) is 19.5. The molecule has 2 N–H and O–H groups in total. The van der Waals surface area contributed by atoms with Gasteiger partial charge in [-0.3, -0.25) is 44.0 Å². The average Bonchev–Trinajstić information content (AvgIpc) is 3.51. The first-order valence-corrected chi connectivity index (χ1v) is 21.7. The Bertz CT molecular complexity index is 2010. The number of hydrogen-bond acceptors (Lipinski definition) is 9. The molecular weight excluding hydrogens is 753 g/mol. The number of nitrogens with one attached hydrogen (secondary N) is 2. The highest BCUT2D eigenvalue weighted by Crippen LogP contribution is 2.35. The standard InChI is InChI=1S/C45H52N6O6S/c52-39(16-10-32-7-4-22-46-30-32)47-23-2-1-6-31-18-27-50(28-19-31)43(55)35-13-11-33(12-14-35)34-20-25-49(26-21-34)24-5-29-58-38-9-3-8-36-41(38)45(57)51(44(36)56)37-15-17-40(53)48-42(37)54/h3-4,7-14,16,22,30-31,34,37H,1-2,5-6,15,17-21,23-29H2,(H,47,52)(H,48,53,54)/b16-10+. The molecule has 7 rings (SSSR count). The maximum absolute atomic E-state index is 13.4. The number of rotatable bonds is 15. The summed E-state index contributed by atoms with van der Waals surface area (Å²) in [6.07, 6.45) is 15.2. The topological polar surface area (TPSA) is 149 Å². The van der Waals surface area contributed by atoms with Crippen molar-refractivity contribution in [2.75, 3.05) is 45.0 Å². The summed E-state index contributed by atoms with van der Waals surface area (Å²) in [5, 5.41) is 5.21. The largest absolute Gasteiger partial charge is 0.353 e. The fourth-order valence-electron chi connectivity index (χ4n) is 8.54. The molecular formula is C45H52N6O6S. The Hall–Kier alpha value is -5.14. The van der Waals surface area contributed by atoms with Crippen LogP contribution in [0.2, 0.25) is 0 Å². The van der Waals surface area contributed by atoms with Crippen LogP contribution in [0.4, 0.5) is 0 Å². The molecule has 0 aliphatic carbocycles. The van der Waals surface area contributed by atoms with Gasteiger partial charge in [0.25, 0.3) is 17.7 Å². The number of likely N-dealkylation sites (tertiary alicyclic amines) is 2. The molecule has 13 heteroatoms. The Morgan fingerprint density at radius 3 is 2.40 bits per heavy atom. The van der Waals surface area contributed by atoms with E-state index in [9.17, 15) is 28.8 Å². The smallest absolute Gasteiger partial charge is 0.263 e. The molecule has 5 heterocycles. The third-order valence-electron chi connectivity index (χ3n) is 11.9. The van der Waals surface area contributed by atoms with Gasteiger partial charge >= 0.3 is 0 Å². The van der Waals surface area contributed by atoms with Crippen molar-refractivity contribution in [1.82, 2.24) is 30.3 Å². The van der Waals surface area contributed by atoms with Crippen LogP contribution >= 0.6 is 11.8 Å². The minimum Gasteiger partial charge on any atom is -0.353 e. The molecule has 4 aliphatic heterocycles. The van der Waals surface area contributed by atoms with E-state index in [1.165, 1.54) is 5.56 Å². The molecule has 1 unspecified atom stereocenters. The molecule has 0 saturated carbocycles. The number of imide groups is 2. The van der Waals surface area contributed by atoms with E-state index in [0.29, 0.717) is 29.5 Å². The van der Waals surface area contributed by atoms with Crippen molar-refractivity contribution in [3.8, 4) is 0 Å². The first kappa shape index (κ1) is 41.0. The first-order valence-electron chi connectivity index (χ1n) is 20.7. The van der Waals surface area contributed by atoms with Crippen molar-refractivity contribution in [2.45, 2.75) is 81.1 Å². The zero-order valence-corrected chi connectivity index (χ0v) is 33.7. The van der Waals surface area contributed by atoms with Crippen LogP contribution in [0.1, 0.15) is 112 Å². The summed E-state index contributed by atoms with van der Waals surface area (Å²) < 4.78 is 0. The maximum Gasteiger partial charge on any atom is 0.263 e. The van der Waals surface area contributed by atoms with E-state index in [2.05, 4.69) is 32.7 Å². The molecule has 1 atom stereocenters. The van der Waals surface area contributed by atoms with Gasteiger partial charge in [0, 0.05) is 55.0 Å². The predicted molar refractivity (Wildman–Crippen MR) is 222 cm³/mol. The summed E-state index contributed by atoms with van der Waals surface area (Å²) in [7, 11) is 0. The molecule has 58 heavy (non-hydrogen) atoms. The van der Waals surface area contributed by atoms with Crippen molar-refractivity contribution in [2.24, 2.45) is 5.92 Å². The van der Waals surface area contributed by atoms with Crippen molar-refractivity contribution in [1.29, 1.82) is 0 Å². The Morgan fingerprint density at radius 1 is 0.862 bits per heavy atom. The molecule has 2 aromatic carbocycles. The third kappa shape index (κ3) is 10.1. The molecule has 6 amide bonds. The number of benzene rings is 2. The number of hydrogen-bond donors (Lipinski definition) is 2. The first-order chi connectivity index (χ1) is 28.2. The van der Waals surface area contributed by atoms with E-state index in [1.807, 2.05) is 35.2 Å². The van der Waals surface area contributed by atoms with Crippen LogP contribution in [0.5, 0.6) is 0 Å². The molecule has 3 saturated heterocycles. The zero-order chi connectivity index (χ0) is 40.4. The zero-order valence-electron chi connectivity index (χ0n) is 32.9. The second-order valence-electron chi connectivity index (χ2n) is 15.7.